The predicted molar refractivity (Wildman–Crippen MR) is 85.6 cm³/mol. The molecule has 0 saturated heterocycles. The summed E-state index contributed by atoms with van der Waals surface area (Å²) in [6, 6.07) is 11.7. The predicted octanol–water partition coefficient (Wildman–Crippen LogP) is 2.82. The molecule has 0 aliphatic rings. The Kier molecular flexibility index (Phi) is 2.76. The van der Waals surface area contributed by atoms with Crippen molar-refractivity contribution < 1.29 is 0 Å². The quantitative estimate of drug-likeness (QED) is 0.579. The van der Waals surface area contributed by atoms with Crippen LogP contribution in [0, 0.1) is 4.77 Å². The number of aromatic nitrogens is 4. The van der Waals surface area contributed by atoms with Crippen molar-refractivity contribution in [2.45, 2.75) is 6.54 Å². The Morgan fingerprint density at radius 3 is 2.86 bits per heavy atom. The van der Waals surface area contributed by atoms with Crippen LogP contribution in [0.15, 0.2) is 46.6 Å². The second-order valence-corrected chi connectivity index (χ2v) is 5.98. The minimum absolute atomic E-state index is 0.0367. The second kappa shape index (κ2) is 4.64. The van der Waals surface area contributed by atoms with Gasteiger partial charge in [-0.15, -0.1) is 16.4 Å². The molecule has 0 bridgehead atoms. The first-order valence-corrected chi connectivity index (χ1v) is 7.65. The van der Waals surface area contributed by atoms with Crippen molar-refractivity contribution in [3.05, 3.63) is 62.5 Å². The molecule has 4 rings (SSSR count). The summed E-state index contributed by atoms with van der Waals surface area (Å²) < 4.78 is 4.65. The van der Waals surface area contributed by atoms with E-state index in [4.69, 9.17) is 12.2 Å². The minimum Gasteiger partial charge on any atom is -0.271 e. The number of H-pyrrole nitrogens is 1. The lowest BCUT2D eigenvalue weighted by Crippen LogP contribution is -2.23. The van der Waals surface area contributed by atoms with Crippen LogP contribution in [0.2, 0.25) is 0 Å². The van der Waals surface area contributed by atoms with Gasteiger partial charge in [-0.05, 0) is 29.2 Å². The number of benzene rings is 1. The van der Waals surface area contributed by atoms with Crippen molar-refractivity contribution in [2.24, 2.45) is 0 Å². The fraction of sp³-hybridized carbons (Fsp3) is 0.0714. The number of thiophene rings is 1. The van der Waals surface area contributed by atoms with E-state index in [2.05, 4.69) is 10.2 Å². The molecule has 0 amide bonds. The molecule has 0 unspecified atom stereocenters. The van der Waals surface area contributed by atoms with E-state index in [1.165, 1.54) is 11.3 Å². The van der Waals surface area contributed by atoms with E-state index in [9.17, 15) is 4.79 Å². The molecule has 5 nitrogen and oxygen atoms in total. The Hall–Kier alpha value is -2.25. The van der Waals surface area contributed by atoms with E-state index >= 15 is 0 Å². The topological polar surface area (TPSA) is 55.1 Å². The third-order valence-corrected chi connectivity index (χ3v) is 4.57. The summed E-state index contributed by atoms with van der Waals surface area (Å²) in [5.74, 6) is 0.541. The third kappa shape index (κ3) is 1.85. The first-order chi connectivity index (χ1) is 10.3. The Bertz CT molecular complexity index is 1060. The summed E-state index contributed by atoms with van der Waals surface area (Å²) in [7, 11) is 0. The smallest absolute Gasteiger partial charge is 0.271 e. The van der Waals surface area contributed by atoms with Crippen LogP contribution < -0.4 is 5.56 Å². The van der Waals surface area contributed by atoms with E-state index in [0.717, 1.165) is 11.1 Å². The molecule has 1 N–H and O–H groups in total. The average molecular weight is 314 g/mol. The van der Waals surface area contributed by atoms with Crippen LogP contribution in [0.1, 0.15) is 5.56 Å². The molecule has 0 spiro atoms. The Balaban J connectivity index is 2.09. The maximum absolute atomic E-state index is 12.7. The summed E-state index contributed by atoms with van der Waals surface area (Å²) in [6.45, 7) is 0.469. The Labute approximate surface area is 128 Å². The zero-order valence-electron chi connectivity index (χ0n) is 10.8. The molecule has 3 heterocycles. The van der Waals surface area contributed by atoms with E-state index < -0.39 is 0 Å². The fourth-order valence-corrected chi connectivity index (χ4v) is 3.50. The fourth-order valence-electron chi connectivity index (χ4n) is 2.45. The molecule has 7 heteroatoms. The molecule has 0 saturated carbocycles. The average Bonchev–Trinajstić information content (AvgIpc) is 3.11. The first kappa shape index (κ1) is 12.5. The molecule has 0 fully saturated rings. The van der Waals surface area contributed by atoms with Crippen molar-refractivity contribution in [1.29, 1.82) is 0 Å². The lowest BCUT2D eigenvalue weighted by molar-refractivity contribution is 0.768. The molecular weight excluding hydrogens is 304 g/mol. The van der Waals surface area contributed by atoms with Crippen molar-refractivity contribution >= 4 is 39.5 Å². The molecule has 21 heavy (non-hydrogen) atoms. The van der Waals surface area contributed by atoms with Crippen molar-refractivity contribution in [1.82, 2.24) is 19.2 Å². The molecule has 1 aromatic carbocycles. The van der Waals surface area contributed by atoms with Gasteiger partial charge in [-0.2, -0.15) is 0 Å². The van der Waals surface area contributed by atoms with Gasteiger partial charge in [0.1, 0.15) is 4.70 Å². The Morgan fingerprint density at radius 2 is 2.05 bits per heavy atom. The molecule has 0 radical (unpaired) electrons. The number of hydrogen-bond acceptors (Lipinski definition) is 4. The molecule has 104 valence electrons. The van der Waals surface area contributed by atoms with Gasteiger partial charge in [0.2, 0.25) is 10.5 Å². The molecule has 3 aromatic heterocycles. The summed E-state index contributed by atoms with van der Waals surface area (Å²) in [5.41, 5.74) is 1.82. The van der Waals surface area contributed by atoms with Crippen molar-refractivity contribution in [3.63, 3.8) is 0 Å². The standard InChI is InChI=1S/C14H10N4OS2/c19-12-11-10(6-7-21-11)18-13(15-16-14(18)20)17(12)8-9-4-2-1-3-5-9/h1-7H,8H2,(H,16,20). The lowest BCUT2D eigenvalue weighted by atomic mass is 10.2. The number of nitrogens with zero attached hydrogens (tertiary/aromatic N) is 3. The van der Waals surface area contributed by atoms with E-state index in [1.54, 1.807) is 4.57 Å². The van der Waals surface area contributed by atoms with E-state index in [-0.39, 0.29) is 5.56 Å². The van der Waals surface area contributed by atoms with Gasteiger partial charge in [-0.3, -0.25) is 13.8 Å². The minimum atomic E-state index is -0.0367. The van der Waals surface area contributed by atoms with Crippen molar-refractivity contribution in [2.75, 3.05) is 0 Å². The maximum Gasteiger partial charge on any atom is 0.273 e. The van der Waals surface area contributed by atoms with Crippen molar-refractivity contribution in [3.8, 4) is 0 Å². The molecular formula is C14H10N4OS2. The number of nitrogens with one attached hydrogen (secondary N) is 1. The summed E-state index contributed by atoms with van der Waals surface area (Å²) >= 11 is 6.71. The van der Waals surface area contributed by atoms with Gasteiger partial charge in [0.25, 0.3) is 5.56 Å². The summed E-state index contributed by atoms with van der Waals surface area (Å²) in [5, 5.41) is 8.89. The Morgan fingerprint density at radius 1 is 1.24 bits per heavy atom. The monoisotopic (exact) mass is 314 g/mol. The van der Waals surface area contributed by atoms with Crippen LogP contribution in [0.5, 0.6) is 0 Å². The van der Waals surface area contributed by atoms with Gasteiger partial charge in [-0.1, -0.05) is 30.3 Å². The highest BCUT2D eigenvalue weighted by Crippen LogP contribution is 2.19. The van der Waals surface area contributed by atoms with Crippen LogP contribution in [-0.2, 0) is 6.54 Å². The number of hydrogen-bond donors (Lipinski definition) is 1. The van der Waals surface area contributed by atoms with Gasteiger partial charge in [0.05, 0.1) is 12.1 Å². The second-order valence-electron chi connectivity index (χ2n) is 4.68. The van der Waals surface area contributed by atoms with Gasteiger partial charge in [0.15, 0.2) is 0 Å². The van der Waals surface area contributed by atoms with Crippen LogP contribution >= 0.6 is 23.6 Å². The van der Waals surface area contributed by atoms with Crippen LogP contribution in [0.3, 0.4) is 0 Å². The zero-order valence-corrected chi connectivity index (χ0v) is 12.4. The molecule has 4 aromatic rings. The maximum atomic E-state index is 12.7. The van der Waals surface area contributed by atoms with Crippen LogP contribution in [0.4, 0.5) is 0 Å². The first-order valence-electron chi connectivity index (χ1n) is 6.37. The number of rotatable bonds is 2. The molecule has 0 atom stereocenters. The largest absolute Gasteiger partial charge is 0.273 e. The number of aromatic amines is 1. The van der Waals surface area contributed by atoms with Gasteiger partial charge in [-0.25, -0.2) is 5.10 Å². The lowest BCUT2D eigenvalue weighted by Gasteiger charge is -2.08. The zero-order chi connectivity index (χ0) is 14.4. The third-order valence-electron chi connectivity index (χ3n) is 3.40. The van der Waals surface area contributed by atoms with Gasteiger partial charge >= 0.3 is 0 Å². The molecule has 0 aliphatic carbocycles. The highest BCUT2D eigenvalue weighted by Gasteiger charge is 2.14. The van der Waals surface area contributed by atoms with Crippen LogP contribution in [-0.4, -0.2) is 19.2 Å². The molecule has 0 aliphatic heterocycles. The number of fused-ring (bicyclic) bond motifs is 3. The van der Waals surface area contributed by atoms with E-state index in [1.807, 2.05) is 46.2 Å². The highest BCUT2D eigenvalue weighted by atomic mass is 32.1. The van der Waals surface area contributed by atoms with E-state index in [0.29, 0.717) is 21.8 Å². The van der Waals surface area contributed by atoms with Gasteiger partial charge < -0.3 is 0 Å². The van der Waals surface area contributed by atoms with Crippen LogP contribution in [0.25, 0.3) is 16.0 Å². The highest BCUT2D eigenvalue weighted by molar-refractivity contribution is 7.71. The summed E-state index contributed by atoms with van der Waals surface area (Å²) in [6.07, 6.45) is 0. The normalized spacial score (nSPS) is 11.4. The van der Waals surface area contributed by atoms with Gasteiger partial charge in [0, 0.05) is 0 Å². The SMILES string of the molecule is O=c1c2sccc2n2c(=S)[nH]nc2n1Cc1ccccc1. The summed E-state index contributed by atoms with van der Waals surface area (Å²) in [4.78, 5) is 12.7.